The Morgan fingerprint density at radius 1 is 1.15 bits per heavy atom. The zero-order chi connectivity index (χ0) is 18.8. The molecule has 1 aromatic heterocycles. The molecule has 1 heterocycles. The molecule has 1 N–H and O–H groups in total. The largest absolute Gasteiger partial charge is 0.463 e. The maximum atomic E-state index is 11.2. The summed E-state index contributed by atoms with van der Waals surface area (Å²) in [4.78, 5) is 19.4. The second kappa shape index (κ2) is 10.0. The van der Waals surface area contributed by atoms with Crippen molar-refractivity contribution in [3.63, 3.8) is 0 Å². The highest BCUT2D eigenvalue weighted by atomic mass is 16.5. The van der Waals surface area contributed by atoms with Gasteiger partial charge in [0.15, 0.2) is 0 Å². The lowest BCUT2D eigenvalue weighted by molar-refractivity contribution is 0.167. The van der Waals surface area contributed by atoms with Crippen LogP contribution in [0.2, 0.25) is 0 Å². The lowest BCUT2D eigenvalue weighted by Crippen LogP contribution is -2.33. The summed E-state index contributed by atoms with van der Waals surface area (Å²) < 4.78 is 9.94. The van der Waals surface area contributed by atoms with Crippen LogP contribution in [-0.2, 0) is 11.2 Å². The average Bonchev–Trinajstić information content (AvgIpc) is 2.66. The van der Waals surface area contributed by atoms with Crippen LogP contribution >= 0.6 is 0 Å². The number of amides is 1. The SMILES string of the molecule is CCCOc1ncc(C#Cc2ccc(CC(C)NC(=O)OC)cc2)cn1. The predicted molar refractivity (Wildman–Crippen MR) is 98.9 cm³/mol. The number of alkyl carbamates (subject to hydrolysis) is 1. The van der Waals surface area contributed by atoms with Gasteiger partial charge < -0.3 is 14.8 Å². The Morgan fingerprint density at radius 2 is 1.81 bits per heavy atom. The molecule has 26 heavy (non-hydrogen) atoms. The van der Waals surface area contributed by atoms with E-state index >= 15 is 0 Å². The third-order valence-corrected chi connectivity index (χ3v) is 3.46. The smallest absolute Gasteiger partial charge is 0.407 e. The molecule has 0 radical (unpaired) electrons. The van der Waals surface area contributed by atoms with E-state index in [1.165, 1.54) is 7.11 Å². The molecular weight excluding hydrogens is 330 g/mol. The molecule has 6 heteroatoms. The molecule has 0 spiro atoms. The van der Waals surface area contributed by atoms with Crippen LogP contribution in [0, 0.1) is 11.8 Å². The molecule has 1 atom stereocenters. The van der Waals surface area contributed by atoms with Crippen LogP contribution in [0.1, 0.15) is 37.0 Å². The number of benzene rings is 1. The van der Waals surface area contributed by atoms with Crippen molar-refractivity contribution in [2.45, 2.75) is 32.7 Å². The Balaban J connectivity index is 1.93. The van der Waals surface area contributed by atoms with Gasteiger partial charge in [0.1, 0.15) is 0 Å². The first-order chi connectivity index (χ1) is 12.6. The molecule has 0 aliphatic heterocycles. The third-order valence-electron chi connectivity index (χ3n) is 3.46. The van der Waals surface area contributed by atoms with Crippen LogP contribution in [-0.4, -0.2) is 35.8 Å². The summed E-state index contributed by atoms with van der Waals surface area (Å²) in [5.74, 6) is 6.12. The van der Waals surface area contributed by atoms with Crippen molar-refractivity contribution in [2.75, 3.05) is 13.7 Å². The van der Waals surface area contributed by atoms with Crippen molar-refractivity contribution in [3.05, 3.63) is 53.3 Å². The Labute approximate surface area is 154 Å². The lowest BCUT2D eigenvalue weighted by atomic mass is 10.1. The Morgan fingerprint density at radius 3 is 2.42 bits per heavy atom. The maximum Gasteiger partial charge on any atom is 0.407 e. The van der Waals surface area contributed by atoms with Crippen LogP contribution < -0.4 is 10.1 Å². The lowest BCUT2D eigenvalue weighted by Gasteiger charge is -2.12. The van der Waals surface area contributed by atoms with E-state index < -0.39 is 6.09 Å². The number of carbonyl (C=O) groups is 1. The number of hydrogen-bond donors (Lipinski definition) is 1. The molecule has 0 saturated heterocycles. The van der Waals surface area contributed by atoms with Crippen LogP contribution in [0.15, 0.2) is 36.7 Å². The standard InChI is InChI=1S/C20H23N3O3/c1-4-11-26-19-21-13-18(14-22-19)10-7-16-5-8-17(9-6-16)12-15(2)23-20(24)25-3/h5-6,8-9,13-15H,4,11-12H2,1-3H3,(H,23,24). The first-order valence-corrected chi connectivity index (χ1v) is 8.51. The zero-order valence-electron chi connectivity index (χ0n) is 15.3. The van der Waals surface area contributed by atoms with Gasteiger partial charge in [0.2, 0.25) is 0 Å². The Kier molecular flexibility index (Phi) is 7.44. The molecule has 1 aromatic carbocycles. The van der Waals surface area contributed by atoms with Crippen molar-refractivity contribution in [2.24, 2.45) is 0 Å². The van der Waals surface area contributed by atoms with Crippen molar-refractivity contribution < 1.29 is 14.3 Å². The third kappa shape index (κ3) is 6.44. The van der Waals surface area contributed by atoms with E-state index in [0.717, 1.165) is 29.5 Å². The van der Waals surface area contributed by atoms with Crippen LogP contribution in [0.3, 0.4) is 0 Å². The summed E-state index contributed by atoms with van der Waals surface area (Å²) in [5.41, 5.74) is 2.74. The van der Waals surface area contributed by atoms with E-state index in [0.29, 0.717) is 12.6 Å². The fraction of sp³-hybridized carbons (Fsp3) is 0.350. The molecule has 136 valence electrons. The fourth-order valence-corrected chi connectivity index (χ4v) is 2.18. The molecule has 0 aliphatic carbocycles. The number of carbonyl (C=O) groups excluding carboxylic acids is 1. The van der Waals surface area contributed by atoms with Gasteiger partial charge in [0.05, 0.1) is 19.3 Å². The van der Waals surface area contributed by atoms with Crippen molar-refractivity contribution in [1.82, 2.24) is 15.3 Å². The van der Waals surface area contributed by atoms with Gasteiger partial charge in [-0.25, -0.2) is 14.8 Å². The highest BCUT2D eigenvalue weighted by molar-refractivity contribution is 5.67. The minimum absolute atomic E-state index is 0.00928. The first kappa shape index (κ1) is 19.3. The summed E-state index contributed by atoms with van der Waals surface area (Å²) in [5, 5.41) is 2.74. The molecule has 0 saturated carbocycles. The van der Waals surface area contributed by atoms with Crippen LogP contribution in [0.5, 0.6) is 6.01 Å². The number of aromatic nitrogens is 2. The highest BCUT2D eigenvalue weighted by Crippen LogP contribution is 2.07. The van der Waals surface area contributed by atoms with Gasteiger partial charge in [0, 0.05) is 24.0 Å². The van der Waals surface area contributed by atoms with Gasteiger partial charge in [-0.3, -0.25) is 0 Å². The van der Waals surface area contributed by atoms with E-state index in [2.05, 4.69) is 31.9 Å². The second-order valence-electron chi connectivity index (χ2n) is 5.79. The molecular formula is C20H23N3O3. The van der Waals surface area contributed by atoms with Crippen LogP contribution in [0.4, 0.5) is 4.79 Å². The maximum absolute atomic E-state index is 11.2. The predicted octanol–water partition coefficient (Wildman–Crippen LogP) is 2.95. The number of ether oxygens (including phenoxy) is 2. The molecule has 0 fully saturated rings. The number of methoxy groups -OCH3 is 1. The molecule has 6 nitrogen and oxygen atoms in total. The molecule has 0 bridgehead atoms. The van der Waals surface area contributed by atoms with Crippen LogP contribution in [0.25, 0.3) is 0 Å². The summed E-state index contributed by atoms with van der Waals surface area (Å²) in [6, 6.07) is 8.26. The Hall–Kier alpha value is -3.07. The minimum Gasteiger partial charge on any atom is -0.463 e. The molecule has 0 aliphatic rings. The molecule has 1 amide bonds. The van der Waals surface area contributed by atoms with E-state index in [1.54, 1.807) is 12.4 Å². The summed E-state index contributed by atoms with van der Waals surface area (Å²) >= 11 is 0. The average molecular weight is 353 g/mol. The van der Waals surface area contributed by atoms with E-state index in [4.69, 9.17) is 4.74 Å². The minimum atomic E-state index is -0.423. The number of nitrogens with one attached hydrogen (secondary N) is 1. The highest BCUT2D eigenvalue weighted by Gasteiger charge is 2.07. The zero-order valence-corrected chi connectivity index (χ0v) is 15.3. The van der Waals surface area contributed by atoms with E-state index in [9.17, 15) is 4.79 Å². The van der Waals surface area contributed by atoms with Gasteiger partial charge in [-0.1, -0.05) is 30.9 Å². The first-order valence-electron chi connectivity index (χ1n) is 8.51. The van der Waals surface area contributed by atoms with Gasteiger partial charge in [0.25, 0.3) is 0 Å². The van der Waals surface area contributed by atoms with Gasteiger partial charge in [-0.15, -0.1) is 0 Å². The monoisotopic (exact) mass is 353 g/mol. The molecule has 1 unspecified atom stereocenters. The Bertz CT molecular complexity index is 762. The molecule has 2 rings (SSSR count). The van der Waals surface area contributed by atoms with Gasteiger partial charge >= 0.3 is 12.1 Å². The van der Waals surface area contributed by atoms with E-state index in [1.807, 2.05) is 38.1 Å². The second-order valence-corrected chi connectivity index (χ2v) is 5.79. The van der Waals surface area contributed by atoms with Crippen molar-refractivity contribution in [3.8, 4) is 17.9 Å². The number of hydrogen-bond acceptors (Lipinski definition) is 5. The van der Waals surface area contributed by atoms with Gasteiger partial charge in [-0.2, -0.15) is 0 Å². The fourth-order valence-electron chi connectivity index (χ4n) is 2.18. The summed E-state index contributed by atoms with van der Waals surface area (Å²) in [7, 11) is 1.35. The number of rotatable bonds is 6. The quantitative estimate of drug-likeness (QED) is 0.808. The normalized spacial score (nSPS) is 11.0. The topological polar surface area (TPSA) is 73.3 Å². The van der Waals surface area contributed by atoms with Gasteiger partial charge in [-0.05, 0) is 37.5 Å². The van der Waals surface area contributed by atoms with E-state index in [-0.39, 0.29) is 6.04 Å². The number of nitrogens with zero attached hydrogens (tertiary/aromatic N) is 2. The van der Waals surface area contributed by atoms with Crippen molar-refractivity contribution in [1.29, 1.82) is 0 Å². The summed E-state index contributed by atoms with van der Waals surface area (Å²) in [6.45, 7) is 4.56. The molecule has 2 aromatic rings. The summed E-state index contributed by atoms with van der Waals surface area (Å²) in [6.07, 6.45) is 4.52. The van der Waals surface area contributed by atoms with Crippen molar-refractivity contribution >= 4 is 6.09 Å².